The number of nitrogens with zero attached hydrogens (tertiary/aromatic N) is 1. The van der Waals surface area contributed by atoms with Crippen LogP contribution >= 0.6 is 27.3 Å². The van der Waals surface area contributed by atoms with Crippen molar-refractivity contribution in [1.82, 2.24) is 21.0 Å². The molecule has 0 fully saturated rings. The number of carbonyl (C=O) groups excluding carboxylic acids is 2. The Hall–Kier alpha value is -2.65. The average Bonchev–Trinajstić information content (AvgIpc) is 3.30. The molecule has 0 aliphatic heterocycles. The fraction of sp³-hybridized carbons (Fsp3) is 0.0625. The molecule has 0 bridgehead atoms. The largest absolute Gasteiger partial charge is 0.484 e. The number of aromatic nitrogens is 2. The molecular weight excluding hydrogens is 408 g/mol. The number of halogens is 1. The van der Waals surface area contributed by atoms with E-state index in [-0.39, 0.29) is 12.3 Å². The lowest BCUT2D eigenvalue weighted by Gasteiger charge is -2.07. The van der Waals surface area contributed by atoms with Gasteiger partial charge >= 0.3 is 0 Å². The number of carbonyl (C=O) groups is 2. The molecule has 3 N–H and O–H groups in total. The smallest absolute Gasteiger partial charge is 0.290 e. The number of aromatic amines is 1. The molecule has 0 radical (unpaired) electrons. The monoisotopic (exact) mass is 420 g/mol. The molecule has 0 aliphatic rings. The maximum absolute atomic E-state index is 12.0. The summed E-state index contributed by atoms with van der Waals surface area (Å²) in [6.45, 7) is -0.219. The minimum Gasteiger partial charge on any atom is -0.484 e. The predicted octanol–water partition coefficient (Wildman–Crippen LogP) is 2.74. The van der Waals surface area contributed by atoms with Gasteiger partial charge in [0, 0.05) is 4.47 Å². The highest BCUT2D eigenvalue weighted by Gasteiger charge is 2.13. The lowest BCUT2D eigenvalue weighted by molar-refractivity contribution is -0.123. The van der Waals surface area contributed by atoms with E-state index in [1.807, 2.05) is 17.5 Å². The van der Waals surface area contributed by atoms with Crippen LogP contribution in [0.4, 0.5) is 0 Å². The van der Waals surface area contributed by atoms with Crippen molar-refractivity contribution in [3.05, 3.63) is 58.0 Å². The standard InChI is InChI=1S/C16H13BrN4O3S/c17-10-3-5-11(6-4-10)24-9-15(22)20-21-16(23)13-8-12(18-19-13)14-2-1-7-25-14/h1-8H,9H2,(H,18,19)(H,20,22)(H,21,23). The minimum absolute atomic E-state index is 0.178. The highest BCUT2D eigenvalue weighted by molar-refractivity contribution is 9.10. The number of hydrazine groups is 1. The third-order valence-electron chi connectivity index (χ3n) is 3.10. The lowest BCUT2D eigenvalue weighted by Crippen LogP contribution is -2.43. The van der Waals surface area contributed by atoms with Crippen molar-refractivity contribution in [2.45, 2.75) is 0 Å². The molecule has 0 saturated heterocycles. The molecule has 7 nitrogen and oxygen atoms in total. The Morgan fingerprint density at radius 3 is 2.72 bits per heavy atom. The van der Waals surface area contributed by atoms with Crippen LogP contribution in [0.3, 0.4) is 0 Å². The first-order valence-corrected chi connectivity index (χ1v) is 8.86. The van der Waals surface area contributed by atoms with E-state index in [0.717, 1.165) is 15.0 Å². The van der Waals surface area contributed by atoms with Gasteiger partial charge in [-0.3, -0.25) is 25.5 Å². The summed E-state index contributed by atoms with van der Waals surface area (Å²) < 4.78 is 6.22. The third kappa shape index (κ3) is 4.68. The van der Waals surface area contributed by atoms with Gasteiger partial charge in [-0.05, 0) is 41.8 Å². The molecule has 0 atom stereocenters. The van der Waals surface area contributed by atoms with E-state index >= 15 is 0 Å². The number of nitrogens with one attached hydrogen (secondary N) is 3. The number of amides is 2. The second kappa shape index (κ2) is 7.95. The molecule has 128 valence electrons. The molecule has 1 aromatic carbocycles. The average molecular weight is 421 g/mol. The normalized spacial score (nSPS) is 10.3. The van der Waals surface area contributed by atoms with Gasteiger partial charge < -0.3 is 4.74 Å². The SMILES string of the molecule is O=C(COc1ccc(Br)cc1)NNC(=O)c1cc(-c2cccs2)[nH]n1. The zero-order valence-electron chi connectivity index (χ0n) is 12.8. The second-order valence-corrected chi connectivity index (χ2v) is 6.75. The summed E-state index contributed by atoms with van der Waals surface area (Å²) in [5, 5.41) is 8.65. The Morgan fingerprint density at radius 1 is 1.20 bits per heavy atom. The summed E-state index contributed by atoms with van der Waals surface area (Å²) in [5.74, 6) is -0.445. The highest BCUT2D eigenvalue weighted by Crippen LogP contribution is 2.22. The van der Waals surface area contributed by atoms with E-state index in [0.29, 0.717) is 5.75 Å². The van der Waals surface area contributed by atoms with Crippen LogP contribution in [0, 0.1) is 0 Å². The number of thiophene rings is 1. The van der Waals surface area contributed by atoms with Gasteiger partial charge in [-0.1, -0.05) is 22.0 Å². The van der Waals surface area contributed by atoms with Crippen LogP contribution in [0.2, 0.25) is 0 Å². The van der Waals surface area contributed by atoms with Gasteiger partial charge in [0.1, 0.15) is 5.75 Å². The van der Waals surface area contributed by atoms with Crippen molar-refractivity contribution in [3.8, 4) is 16.3 Å². The van der Waals surface area contributed by atoms with Crippen LogP contribution in [0.5, 0.6) is 5.75 Å². The van der Waals surface area contributed by atoms with Gasteiger partial charge in [-0.25, -0.2) is 0 Å². The fourth-order valence-electron chi connectivity index (χ4n) is 1.90. The van der Waals surface area contributed by atoms with E-state index in [9.17, 15) is 9.59 Å². The molecule has 2 heterocycles. The van der Waals surface area contributed by atoms with Gasteiger partial charge in [0.05, 0.1) is 10.6 Å². The van der Waals surface area contributed by atoms with Crippen LogP contribution in [-0.2, 0) is 4.79 Å². The van der Waals surface area contributed by atoms with E-state index < -0.39 is 11.8 Å². The topological polar surface area (TPSA) is 96.1 Å². The van der Waals surface area contributed by atoms with Crippen LogP contribution < -0.4 is 15.6 Å². The first-order valence-electron chi connectivity index (χ1n) is 7.18. The van der Waals surface area contributed by atoms with Crippen molar-refractivity contribution in [3.63, 3.8) is 0 Å². The molecule has 25 heavy (non-hydrogen) atoms. The molecule has 0 spiro atoms. The third-order valence-corrected chi connectivity index (χ3v) is 4.53. The maximum atomic E-state index is 12.0. The van der Waals surface area contributed by atoms with E-state index in [1.54, 1.807) is 30.3 Å². The predicted molar refractivity (Wildman–Crippen MR) is 97.1 cm³/mol. The molecule has 3 rings (SSSR count). The van der Waals surface area contributed by atoms with E-state index in [1.165, 1.54) is 11.3 Å². The molecule has 0 unspecified atom stereocenters. The van der Waals surface area contributed by atoms with Gasteiger partial charge in [0.15, 0.2) is 12.3 Å². The molecule has 0 aliphatic carbocycles. The van der Waals surface area contributed by atoms with Crippen LogP contribution in [0.15, 0.2) is 52.3 Å². The van der Waals surface area contributed by atoms with Gasteiger partial charge in [0.25, 0.3) is 11.8 Å². The summed E-state index contributed by atoms with van der Waals surface area (Å²) >= 11 is 4.85. The van der Waals surface area contributed by atoms with Crippen molar-refractivity contribution >= 4 is 39.1 Å². The molecule has 3 aromatic rings. The first-order chi connectivity index (χ1) is 12.1. The van der Waals surface area contributed by atoms with Crippen LogP contribution in [0.25, 0.3) is 10.6 Å². The first kappa shape index (κ1) is 17.2. The van der Waals surface area contributed by atoms with Gasteiger partial charge in [-0.15, -0.1) is 11.3 Å². The number of hydrogen-bond donors (Lipinski definition) is 3. The van der Waals surface area contributed by atoms with Gasteiger partial charge in [0.2, 0.25) is 0 Å². The Kier molecular flexibility index (Phi) is 5.46. The molecule has 2 aromatic heterocycles. The summed E-state index contributed by atoms with van der Waals surface area (Å²) in [6, 6.07) is 12.5. The maximum Gasteiger partial charge on any atom is 0.290 e. The summed E-state index contributed by atoms with van der Waals surface area (Å²) in [5.41, 5.74) is 5.50. The van der Waals surface area contributed by atoms with Crippen molar-refractivity contribution in [1.29, 1.82) is 0 Å². The number of H-pyrrole nitrogens is 1. The molecule has 0 saturated carbocycles. The summed E-state index contributed by atoms with van der Waals surface area (Å²) in [6.07, 6.45) is 0. The molecular formula is C16H13BrN4O3S. The Labute approximate surface area is 155 Å². The van der Waals surface area contributed by atoms with Crippen molar-refractivity contribution < 1.29 is 14.3 Å². The van der Waals surface area contributed by atoms with Crippen LogP contribution in [-0.4, -0.2) is 28.6 Å². The number of hydrogen-bond acceptors (Lipinski definition) is 5. The number of ether oxygens (including phenoxy) is 1. The molecule has 2 amide bonds. The van der Waals surface area contributed by atoms with Crippen molar-refractivity contribution in [2.75, 3.05) is 6.61 Å². The Balaban J connectivity index is 1.47. The summed E-state index contributed by atoms with van der Waals surface area (Å²) in [7, 11) is 0. The second-order valence-electron chi connectivity index (χ2n) is 4.89. The fourth-order valence-corrected chi connectivity index (χ4v) is 2.86. The van der Waals surface area contributed by atoms with Gasteiger partial charge in [-0.2, -0.15) is 5.10 Å². The Morgan fingerprint density at radius 2 is 2.00 bits per heavy atom. The zero-order valence-corrected chi connectivity index (χ0v) is 15.2. The number of rotatable bonds is 5. The zero-order chi connectivity index (χ0) is 17.6. The van der Waals surface area contributed by atoms with Crippen LogP contribution in [0.1, 0.15) is 10.5 Å². The lowest BCUT2D eigenvalue weighted by atomic mass is 10.3. The van der Waals surface area contributed by atoms with E-state index in [4.69, 9.17) is 4.74 Å². The minimum atomic E-state index is -0.518. The highest BCUT2D eigenvalue weighted by atomic mass is 79.9. The summed E-state index contributed by atoms with van der Waals surface area (Å²) in [4.78, 5) is 24.7. The Bertz CT molecular complexity index is 862. The quantitative estimate of drug-likeness (QED) is 0.552. The van der Waals surface area contributed by atoms with E-state index in [2.05, 4.69) is 37.0 Å². The number of benzene rings is 1. The van der Waals surface area contributed by atoms with Crippen molar-refractivity contribution in [2.24, 2.45) is 0 Å². The molecule has 9 heteroatoms.